The van der Waals surface area contributed by atoms with E-state index < -0.39 is 0 Å². The zero-order chi connectivity index (χ0) is 13.5. The Kier molecular flexibility index (Phi) is 2.37. The largest absolute Gasteiger partial charge is 0.464 e. The summed E-state index contributed by atoms with van der Waals surface area (Å²) in [5.41, 5.74) is 4.33. The minimum absolute atomic E-state index is 0.0575. The molecule has 98 valence electrons. The first-order chi connectivity index (χ1) is 9.88. The monoisotopic (exact) mass is 264 g/mol. The molecule has 0 amide bonds. The van der Waals surface area contributed by atoms with Crippen LogP contribution in [-0.2, 0) is 6.61 Å². The Balaban J connectivity index is 2.12. The molecule has 0 unspecified atom stereocenters. The van der Waals surface area contributed by atoms with Gasteiger partial charge in [0.1, 0.15) is 5.58 Å². The molecule has 20 heavy (non-hydrogen) atoms. The van der Waals surface area contributed by atoms with Gasteiger partial charge < -0.3 is 9.52 Å². The Hall–Kier alpha value is -2.59. The maximum absolute atomic E-state index is 9.78. The number of hydrogen-bond acceptors (Lipinski definition) is 3. The van der Waals surface area contributed by atoms with E-state index in [2.05, 4.69) is 5.10 Å². The van der Waals surface area contributed by atoms with Crippen molar-refractivity contribution in [2.24, 2.45) is 0 Å². The van der Waals surface area contributed by atoms with E-state index in [-0.39, 0.29) is 6.61 Å². The van der Waals surface area contributed by atoms with Gasteiger partial charge in [0, 0.05) is 22.7 Å². The SMILES string of the molecule is OCc1c(-c2ccccc2)nn2ccc3occc3c12. The maximum atomic E-state index is 9.78. The van der Waals surface area contributed by atoms with Gasteiger partial charge in [-0.15, -0.1) is 0 Å². The van der Waals surface area contributed by atoms with Crippen LogP contribution in [0, 0.1) is 0 Å². The lowest BCUT2D eigenvalue weighted by atomic mass is 10.1. The number of fused-ring (bicyclic) bond motifs is 3. The fourth-order valence-electron chi connectivity index (χ4n) is 2.62. The number of furan rings is 1. The molecule has 1 N–H and O–H groups in total. The third-order valence-corrected chi connectivity index (χ3v) is 3.53. The fraction of sp³-hybridized carbons (Fsp3) is 0.0625. The molecular weight excluding hydrogens is 252 g/mol. The molecule has 4 aromatic rings. The number of aliphatic hydroxyl groups is 1. The van der Waals surface area contributed by atoms with Crippen molar-refractivity contribution in [3.63, 3.8) is 0 Å². The Labute approximate surface area is 114 Å². The highest BCUT2D eigenvalue weighted by Crippen LogP contribution is 2.31. The van der Waals surface area contributed by atoms with Crippen molar-refractivity contribution in [1.82, 2.24) is 9.61 Å². The van der Waals surface area contributed by atoms with E-state index in [0.29, 0.717) is 0 Å². The summed E-state index contributed by atoms with van der Waals surface area (Å²) in [6.07, 6.45) is 3.51. The molecule has 0 fully saturated rings. The van der Waals surface area contributed by atoms with Gasteiger partial charge in [-0.1, -0.05) is 30.3 Å². The highest BCUT2D eigenvalue weighted by Gasteiger charge is 2.16. The summed E-state index contributed by atoms with van der Waals surface area (Å²) in [4.78, 5) is 0. The molecule has 0 aliphatic rings. The minimum Gasteiger partial charge on any atom is -0.464 e. The Morgan fingerprint density at radius 2 is 1.95 bits per heavy atom. The van der Waals surface area contributed by atoms with E-state index in [1.165, 1.54) is 0 Å². The van der Waals surface area contributed by atoms with E-state index in [9.17, 15) is 5.11 Å². The van der Waals surface area contributed by atoms with Crippen LogP contribution in [0.1, 0.15) is 5.56 Å². The highest BCUT2D eigenvalue weighted by molar-refractivity contribution is 5.96. The highest BCUT2D eigenvalue weighted by atomic mass is 16.3. The summed E-state index contributed by atoms with van der Waals surface area (Å²) in [7, 11) is 0. The standard InChI is InChI=1S/C16H12N2O2/c19-10-13-15(11-4-2-1-3-5-11)17-18-8-6-14-12(16(13)18)7-9-20-14/h1-9,19H,10H2. The van der Waals surface area contributed by atoms with Gasteiger partial charge in [0.2, 0.25) is 0 Å². The number of rotatable bonds is 2. The molecule has 4 nitrogen and oxygen atoms in total. The van der Waals surface area contributed by atoms with E-state index in [4.69, 9.17) is 4.42 Å². The Morgan fingerprint density at radius 1 is 1.10 bits per heavy atom. The van der Waals surface area contributed by atoms with Gasteiger partial charge in [-0.3, -0.25) is 0 Å². The number of aromatic nitrogens is 2. The molecule has 1 aromatic carbocycles. The average molecular weight is 264 g/mol. The molecule has 3 aromatic heterocycles. The van der Waals surface area contributed by atoms with Crippen molar-refractivity contribution in [3.8, 4) is 11.3 Å². The number of nitrogens with zero attached hydrogens (tertiary/aromatic N) is 2. The van der Waals surface area contributed by atoms with Crippen LogP contribution < -0.4 is 0 Å². The second-order valence-corrected chi connectivity index (χ2v) is 4.66. The van der Waals surface area contributed by atoms with Gasteiger partial charge in [-0.25, -0.2) is 4.52 Å². The van der Waals surface area contributed by atoms with Gasteiger partial charge in [0.25, 0.3) is 0 Å². The van der Waals surface area contributed by atoms with Crippen LogP contribution in [0.15, 0.2) is 59.3 Å². The van der Waals surface area contributed by atoms with Crippen LogP contribution >= 0.6 is 0 Å². The van der Waals surface area contributed by atoms with Crippen LogP contribution in [0.4, 0.5) is 0 Å². The van der Waals surface area contributed by atoms with Gasteiger partial charge in [-0.2, -0.15) is 5.10 Å². The molecule has 4 rings (SSSR count). The van der Waals surface area contributed by atoms with Gasteiger partial charge in [-0.05, 0) is 12.1 Å². The smallest absolute Gasteiger partial charge is 0.137 e. The van der Waals surface area contributed by atoms with Crippen LogP contribution in [0.25, 0.3) is 27.7 Å². The first-order valence-electron chi connectivity index (χ1n) is 6.42. The normalized spacial score (nSPS) is 11.4. The maximum Gasteiger partial charge on any atom is 0.137 e. The zero-order valence-electron chi connectivity index (χ0n) is 10.7. The molecule has 0 aliphatic carbocycles. The molecule has 0 atom stereocenters. The third-order valence-electron chi connectivity index (χ3n) is 3.53. The third kappa shape index (κ3) is 1.49. The van der Waals surface area contributed by atoms with Gasteiger partial charge in [0.05, 0.1) is 24.1 Å². The van der Waals surface area contributed by atoms with Gasteiger partial charge >= 0.3 is 0 Å². The van der Waals surface area contributed by atoms with Crippen LogP contribution in [-0.4, -0.2) is 14.7 Å². The predicted molar refractivity (Wildman–Crippen MR) is 76.3 cm³/mol. The molecule has 4 heteroatoms. The van der Waals surface area contributed by atoms with E-state index >= 15 is 0 Å². The minimum atomic E-state index is -0.0575. The average Bonchev–Trinajstić information content (AvgIpc) is 3.11. The molecule has 0 bridgehead atoms. The van der Waals surface area contributed by atoms with Crippen molar-refractivity contribution < 1.29 is 9.52 Å². The number of pyridine rings is 1. The van der Waals surface area contributed by atoms with Crippen molar-refractivity contribution in [3.05, 3.63) is 60.5 Å². The first-order valence-corrected chi connectivity index (χ1v) is 6.42. The van der Waals surface area contributed by atoms with Crippen molar-refractivity contribution in [2.75, 3.05) is 0 Å². The topological polar surface area (TPSA) is 50.7 Å². The van der Waals surface area contributed by atoms with E-state index in [1.807, 2.05) is 48.7 Å². The molecule has 0 aliphatic heterocycles. The second kappa shape index (κ2) is 4.21. The lowest BCUT2D eigenvalue weighted by molar-refractivity contribution is 0.284. The number of benzene rings is 1. The summed E-state index contributed by atoms with van der Waals surface area (Å²) >= 11 is 0. The van der Waals surface area contributed by atoms with Crippen LogP contribution in [0.3, 0.4) is 0 Å². The lowest BCUT2D eigenvalue weighted by Gasteiger charge is -1.99. The van der Waals surface area contributed by atoms with Crippen molar-refractivity contribution >= 4 is 16.5 Å². The lowest BCUT2D eigenvalue weighted by Crippen LogP contribution is -1.87. The summed E-state index contributed by atoms with van der Waals surface area (Å²) in [5, 5.41) is 15.3. The molecule has 0 radical (unpaired) electrons. The van der Waals surface area contributed by atoms with E-state index in [1.54, 1.807) is 10.8 Å². The van der Waals surface area contributed by atoms with Crippen molar-refractivity contribution in [2.45, 2.75) is 6.61 Å². The second-order valence-electron chi connectivity index (χ2n) is 4.66. The van der Waals surface area contributed by atoms with Crippen LogP contribution in [0.2, 0.25) is 0 Å². The fourth-order valence-corrected chi connectivity index (χ4v) is 2.62. The summed E-state index contributed by atoms with van der Waals surface area (Å²) in [5.74, 6) is 0. The van der Waals surface area contributed by atoms with Crippen molar-refractivity contribution in [1.29, 1.82) is 0 Å². The summed E-state index contributed by atoms with van der Waals surface area (Å²) in [6, 6.07) is 13.7. The van der Waals surface area contributed by atoms with Crippen LogP contribution in [0.5, 0.6) is 0 Å². The predicted octanol–water partition coefficient (Wildman–Crippen LogP) is 3.24. The molecular formula is C16H12N2O2. The molecule has 0 spiro atoms. The number of aliphatic hydroxyl groups excluding tert-OH is 1. The Morgan fingerprint density at radius 3 is 2.75 bits per heavy atom. The molecule has 0 saturated carbocycles. The summed E-state index contributed by atoms with van der Waals surface area (Å²) < 4.78 is 7.22. The Bertz CT molecular complexity index is 891. The quantitative estimate of drug-likeness (QED) is 0.604. The van der Waals surface area contributed by atoms with E-state index in [0.717, 1.165) is 33.3 Å². The number of hydrogen-bond donors (Lipinski definition) is 1. The summed E-state index contributed by atoms with van der Waals surface area (Å²) in [6.45, 7) is -0.0575. The molecule has 3 heterocycles. The zero-order valence-corrected chi connectivity index (χ0v) is 10.7. The molecule has 0 saturated heterocycles. The first kappa shape index (κ1) is 11.3. The van der Waals surface area contributed by atoms with Gasteiger partial charge in [0.15, 0.2) is 0 Å².